The zero-order valence-corrected chi connectivity index (χ0v) is 24.1. The van der Waals surface area contributed by atoms with Gasteiger partial charge in [-0.1, -0.05) is 6.92 Å². The Bertz CT molecular complexity index is 736. The van der Waals surface area contributed by atoms with Crippen LogP contribution in [0.2, 0.25) is 0 Å². The largest absolute Gasteiger partial charge is 0.387 e. The van der Waals surface area contributed by atoms with Crippen LogP contribution in [0.5, 0.6) is 0 Å². The number of ether oxygens (including phenoxy) is 9. The molecule has 3 fully saturated rings. The standard InChI is InChI=1S/C24H44O15S/c1-6-10-20(39-40)14(26)16(28)22(36-10)34-8-11-18(30-3)13(25)15(27)23(37-11)35-9-12-19(31-4)17(29)21(33-7-2)24(32-5)38-12/h10-29,40H,6-9H2,1-5H3. The molecule has 3 aliphatic heterocycles. The second kappa shape index (κ2) is 16.0. The fraction of sp³-hybridized carbons (Fsp3) is 1.00. The van der Waals surface area contributed by atoms with Gasteiger partial charge < -0.3 is 72.3 Å². The maximum Gasteiger partial charge on any atom is 0.186 e. The fourth-order valence-corrected chi connectivity index (χ4v) is 5.49. The lowest BCUT2D eigenvalue weighted by atomic mass is 9.97. The van der Waals surface area contributed by atoms with E-state index >= 15 is 0 Å². The van der Waals surface area contributed by atoms with Crippen LogP contribution in [0.3, 0.4) is 0 Å². The zero-order chi connectivity index (χ0) is 29.6. The lowest BCUT2D eigenvalue weighted by Gasteiger charge is -2.45. The summed E-state index contributed by atoms with van der Waals surface area (Å²) in [6.45, 7) is 3.42. The van der Waals surface area contributed by atoms with E-state index in [9.17, 15) is 25.5 Å². The molecule has 15 unspecified atom stereocenters. The van der Waals surface area contributed by atoms with Crippen LogP contribution < -0.4 is 0 Å². The van der Waals surface area contributed by atoms with Crippen molar-refractivity contribution in [2.75, 3.05) is 41.2 Å². The van der Waals surface area contributed by atoms with E-state index in [2.05, 4.69) is 12.9 Å². The van der Waals surface area contributed by atoms with Gasteiger partial charge in [-0.2, -0.15) is 0 Å². The first-order valence-corrected chi connectivity index (χ1v) is 13.6. The molecule has 15 atom stereocenters. The Balaban J connectivity index is 1.65. The second-order valence-electron chi connectivity index (χ2n) is 9.78. The van der Waals surface area contributed by atoms with Crippen molar-refractivity contribution in [3.05, 3.63) is 0 Å². The zero-order valence-electron chi connectivity index (χ0n) is 23.3. The SMILES string of the molecule is CCOC1C(OC)OC(COC2OC(COC3OC(CC)C(OS)C(O)C3O)C(OC)C(O)C2O)C(OC)C1O. The van der Waals surface area contributed by atoms with Crippen molar-refractivity contribution in [1.29, 1.82) is 0 Å². The number of thiol groups is 1. The Morgan fingerprint density at radius 2 is 1.02 bits per heavy atom. The summed E-state index contributed by atoms with van der Waals surface area (Å²) < 4.78 is 55.7. The molecule has 0 bridgehead atoms. The lowest BCUT2D eigenvalue weighted by molar-refractivity contribution is -0.343. The molecule has 0 spiro atoms. The van der Waals surface area contributed by atoms with E-state index in [-0.39, 0.29) is 13.2 Å². The lowest BCUT2D eigenvalue weighted by Crippen LogP contribution is -2.63. The van der Waals surface area contributed by atoms with Gasteiger partial charge in [-0.05, 0) is 26.3 Å². The molecule has 0 aromatic heterocycles. The van der Waals surface area contributed by atoms with Gasteiger partial charge in [-0.15, -0.1) is 0 Å². The number of rotatable bonds is 13. The average Bonchev–Trinajstić information content (AvgIpc) is 2.95. The minimum atomic E-state index is -1.51. The first kappa shape index (κ1) is 34.2. The number of hydrogen-bond donors (Lipinski definition) is 6. The van der Waals surface area contributed by atoms with Gasteiger partial charge in [0, 0.05) is 27.9 Å². The van der Waals surface area contributed by atoms with Crippen LogP contribution in [-0.4, -0.2) is 159 Å². The molecule has 3 rings (SSSR count). The summed E-state index contributed by atoms with van der Waals surface area (Å²) in [6, 6.07) is 0. The normalized spacial score (nSPS) is 46.4. The maximum absolute atomic E-state index is 10.8. The van der Waals surface area contributed by atoms with E-state index in [1.54, 1.807) is 6.92 Å². The molecule has 3 heterocycles. The van der Waals surface area contributed by atoms with Crippen molar-refractivity contribution in [1.82, 2.24) is 0 Å². The molecule has 16 heteroatoms. The van der Waals surface area contributed by atoms with Gasteiger partial charge >= 0.3 is 0 Å². The molecule has 3 aliphatic rings. The van der Waals surface area contributed by atoms with Crippen LogP contribution in [0.25, 0.3) is 0 Å². The fourth-order valence-electron chi connectivity index (χ4n) is 5.23. The molecule has 3 saturated heterocycles. The summed E-state index contributed by atoms with van der Waals surface area (Å²) in [5, 5.41) is 53.1. The molecule has 0 aliphatic carbocycles. The third-order valence-electron chi connectivity index (χ3n) is 7.41. The summed E-state index contributed by atoms with van der Waals surface area (Å²) in [5.41, 5.74) is 0. The predicted octanol–water partition coefficient (Wildman–Crippen LogP) is -2.28. The van der Waals surface area contributed by atoms with Crippen molar-refractivity contribution in [3.8, 4) is 0 Å². The number of aliphatic hydroxyl groups is 5. The minimum absolute atomic E-state index is 0.214. The van der Waals surface area contributed by atoms with Crippen LogP contribution in [0.4, 0.5) is 0 Å². The third kappa shape index (κ3) is 7.45. The molecule has 0 saturated carbocycles. The molecule has 40 heavy (non-hydrogen) atoms. The maximum atomic E-state index is 10.8. The Hall–Kier alpha value is -0.250. The summed E-state index contributed by atoms with van der Waals surface area (Å²) >= 11 is 3.76. The Kier molecular flexibility index (Phi) is 13.7. The molecule has 5 N–H and O–H groups in total. The average molecular weight is 605 g/mol. The van der Waals surface area contributed by atoms with Gasteiger partial charge in [0.05, 0.1) is 19.3 Å². The van der Waals surface area contributed by atoms with E-state index < -0.39 is 92.1 Å². The summed E-state index contributed by atoms with van der Waals surface area (Å²) in [6.07, 6.45) is -15.9. The van der Waals surface area contributed by atoms with Crippen molar-refractivity contribution >= 4 is 12.9 Å². The molecule has 15 nitrogen and oxygen atoms in total. The van der Waals surface area contributed by atoms with Gasteiger partial charge in [0.15, 0.2) is 18.9 Å². The second-order valence-corrected chi connectivity index (χ2v) is 9.99. The predicted molar refractivity (Wildman–Crippen MR) is 136 cm³/mol. The Morgan fingerprint density at radius 1 is 0.550 bits per heavy atom. The molecular formula is C24H44O15S. The molecule has 0 aromatic rings. The van der Waals surface area contributed by atoms with Gasteiger partial charge in [-0.25, -0.2) is 0 Å². The highest BCUT2D eigenvalue weighted by atomic mass is 32.1. The van der Waals surface area contributed by atoms with Crippen molar-refractivity contribution in [3.63, 3.8) is 0 Å². The van der Waals surface area contributed by atoms with E-state index in [1.807, 2.05) is 6.92 Å². The van der Waals surface area contributed by atoms with Gasteiger partial charge in [0.2, 0.25) is 0 Å². The van der Waals surface area contributed by atoms with E-state index in [4.69, 9.17) is 46.8 Å². The van der Waals surface area contributed by atoms with Crippen LogP contribution in [0.1, 0.15) is 20.3 Å². The molecule has 0 aromatic carbocycles. The van der Waals surface area contributed by atoms with Crippen LogP contribution in [0.15, 0.2) is 0 Å². The van der Waals surface area contributed by atoms with Crippen molar-refractivity contribution in [2.45, 2.75) is 112 Å². The quantitative estimate of drug-likeness (QED) is 0.0972. The highest BCUT2D eigenvalue weighted by Gasteiger charge is 2.50. The topological polar surface area (TPSA) is 193 Å². The van der Waals surface area contributed by atoms with Crippen LogP contribution >= 0.6 is 12.9 Å². The monoisotopic (exact) mass is 604 g/mol. The van der Waals surface area contributed by atoms with Gasteiger partial charge in [0.25, 0.3) is 0 Å². The highest BCUT2D eigenvalue weighted by Crippen LogP contribution is 2.31. The molecule has 0 amide bonds. The van der Waals surface area contributed by atoms with Crippen LogP contribution in [-0.2, 0) is 46.8 Å². The van der Waals surface area contributed by atoms with E-state index in [0.29, 0.717) is 13.0 Å². The smallest absolute Gasteiger partial charge is 0.186 e. The van der Waals surface area contributed by atoms with Crippen molar-refractivity contribution in [2.24, 2.45) is 0 Å². The molecule has 236 valence electrons. The van der Waals surface area contributed by atoms with Gasteiger partial charge in [-0.3, -0.25) is 0 Å². The highest BCUT2D eigenvalue weighted by molar-refractivity contribution is 7.75. The number of methoxy groups -OCH3 is 3. The van der Waals surface area contributed by atoms with Gasteiger partial charge in [0.1, 0.15) is 67.1 Å². The van der Waals surface area contributed by atoms with E-state index in [1.165, 1.54) is 21.3 Å². The Morgan fingerprint density at radius 3 is 1.48 bits per heavy atom. The number of aliphatic hydroxyl groups excluding tert-OH is 5. The first-order valence-electron chi connectivity index (χ1n) is 13.3. The minimum Gasteiger partial charge on any atom is -0.387 e. The summed E-state index contributed by atoms with van der Waals surface area (Å²) in [5.74, 6) is 0. The summed E-state index contributed by atoms with van der Waals surface area (Å²) in [4.78, 5) is 0. The van der Waals surface area contributed by atoms with E-state index in [0.717, 1.165) is 0 Å². The third-order valence-corrected chi connectivity index (χ3v) is 7.65. The number of hydrogen-bond acceptors (Lipinski definition) is 16. The molecular weight excluding hydrogens is 560 g/mol. The Labute approximate surface area is 239 Å². The summed E-state index contributed by atoms with van der Waals surface area (Å²) in [7, 11) is 4.14. The van der Waals surface area contributed by atoms with Crippen LogP contribution in [0, 0.1) is 0 Å². The van der Waals surface area contributed by atoms with Crippen molar-refractivity contribution < 1.29 is 72.3 Å². The molecule has 0 radical (unpaired) electrons. The first-order chi connectivity index (χ1) is 19.2.